The highest BCUT2D eigenvalue weighted by Gasteiger charge is 2.05. The second-order valence-electron chi connectivity index (χ2n) is 5.13. The van der Waals surface area contributed by atoms with Gasteiger partial charge in [0.05, 0.1) is 13.2 Å². The lowest BCUT2D eigenvalue weighted by Crippen LogP contribution is -2.07. The zero-order valence-corrected chi connectivity index (χ0v) is 15.6. The molecule has 1 N–H and O–H groups in total. The minimum Gasteiger partial charge on any atom is -0.490 e. The van der Waals surface area contributed by atoms with Crippen LogP contribution in [0.25, 0.3) is 6.08 Å². The molecule has 0 atom stereocenters. The summed E-state index contributed by atoms with van der Waals surface area (Å²) in [5.41, 5.74) is 1.66. The summed E-state index contributed by atoms with van der Waals surface area (Å²) in [4.78, 5) is 13.2. The third-order valence-corrected chi connectivity index (χ3v) is 4.06. The highest BCUT2D eigenvalue weighted by Crippen LogP contribution is 2.29. The molecule has 0 aliphatic heterocycles. The molecular weight excluding hydrogens is 334 g/mol. The lowest BCUT2D eigenvalue weighted by Gasteiger charge is -2.11. The van der Waals surface area contributed by atoms with Gasteiger partial charge in [-0.05, 0) is 62.1 Å². The number of amides is 1. The maximum absolute atomic E-state index is 12.1. The summed E-state index contributed by atoms with van der Waals surface area (Å²) >= 11 is 1.64. The van der Waals surface area contributed by atoms with Crippen LogP contribution in [0.1, 0.15) is 19.4 Å². The minimum absolute atomic E-state index is 0.176. The second-order valence-corrected chi connectivity index (χ2v) is 6.01. The first-order valence-corrected chi connectivity index (χ1v) is 9.41. The van der Waals surface area contributed by atoms with Gasteiger partial charge in [0.2, 0.25) is 5.91 Å². The zero-order valence-electron chi connectivity index (χ0n) is 14.7. The van der Waals surface area contributed by atoms with Crippen LogP contribution in [0.15, 0.2) is 53.4 Å². The summed E-state index contributed by atoms with van der Waals surface area (Å²) in [6, 6.07) is 13.4. The molecule has 4 nitrogen and oxygen atoms in total. The molecule has 0 saturated heterocycles. The predicted octanol–water partition coefficient (Wildman–Crippen LogP) is 4.86. The van der Waals surface area contributed by atoms with Gasteiger partial charge in [-0.15, -0.1) is 11.8 Å². The van der Waals surface area contributed by atoms with Gasteiger partial charge < -0.3 is 14.8 Å². The molecule has 2 aromatic carbocycles. The van der Waals surface area contributed by atoms with Crippen LogP contribution in [0.5, 0.6) is 11.5 Å². The monoisotopic (exact) mass is 357 g/mol. The largest absolute Gasteiger partial charge is 0.490 e. The van der Waals surface area contributed by atoms with E-state index < -0.39 is 0 Å². The van der Waals surface area contributed by atoms with E-state index in [-0.39, 0.29) is 5.91 Å². The van der Waals surface area contributed by atoms with Crippen molar-refractivity contribution in [2.75, 3.05) is 24.8 Å². The molecule has 25 heavy (non-hydrogen) atoms. The van der Waals surface area contributed by atoms with Crippen molar-refractivity contribution in [3.8, 4) is 11.5 Å². The van der Waals surface area contributed by atoms with Gasteiger partial charge in [-0.1, -0.05) is 12.1 Å². The number of benzene rings is 2. The van der Waals surface area contributed by atoms with Gasteiger partial charge in [0.1, 0.15) is 0 Å². The van der Waals surface area contributed by atoms with Crippen LogP contribution in [0, 0.1) is 0 Å². The van der Waals surface area contributed by atoms with Crippen molar-refractivity contribution < 1.29 is 14.3 Å². The van der Waals surface area contributed by atoms with Gasteiger partial charge in [-0.3, -0.25) is 4.79 Å². The van der Waals surface area contributed by atoms with Crippen molar-refractivity contribution in [1.82, 2.24) is 0 Å². The van der Waals surface area contributed by atoms with Crippen molar-refractivity contribution >= 4 is 29.4 Å². The molecule has 0 aromatic heterocycles. The van der Waals surface area contributed by atoms with E-state index in [4.69, 9.17) is 9.47 Å². The van der Waals surface area contributed by atoms with Gasteiger partial charge in [-0.25, -0.2) is 0 Å². The second kappa shape index (κ2) is 9.79. The molecule has 0 radical (unpaired) electrons. The van der Waals surface area contributed by atoms with Gasteiger partial charge in [-0.2, -0.15) is 0 Å². The van der Waals surface area contributed by atoms with Crippen LogP contribution in [0.2, 0.25) is 0 Å². The molecular formula is C20H23NO3S. The number of hydrogen-bond donors (Lipinski definition) is 1. The average molecular weight is 357 g/mol. The number of carbonyl (C=O) groups excluding carboxylic acids is 1. The first kappa shape index (κ1) is 18.9. The molecule has 1 amide bonds. The van der Waals surface area contributed by atoms with E-state index in [0.717, 1.165) is 16.1 Å². The number of rotatable bonds is 8. The first-order chi connectivity index (χ1) is 12.2. The number of nitrogens with one attached hydrogen (secondary N) is 1. The number of carbonyl (C=O) groups is 1. The summed E-state index contributed by atoms with van der Waals surface area (Å²) in [6.07, 6.45) is 5.27. The number of hydrogen-bond acceptors (Lipinski definition) is 4. The average Bonchev–Trinajstić information content (AvgIpc) is 2.62. The summed E-state index contributed by atoms with van der Waals surface area (Å²) < 4.78 is 11.1. The van der Waals surface area contributed by atoms with Crippen molar-refractivity contribution in [1.29, 1.82) is 0 Å². The SMILES string of the molecule is CCOc1ccc(/C=C/C(=O)Nc2cccc(SC)c2)cc1OCC. The Balaban J connectivity index is 2.06. The zero-order chi connectivity index (χ0) is 18.1. The molecule has 132 valence electrons. The molecule has 0 fully saturated rings. The molecule has 0 bridgehead atoms. The van der Waals surface area contributed by atoms with E-state index in [0.29, 0.717) is 24.7 Å². The third kappa shape index (κ3) is 5.87. The number of ether oxygens (including phenoxy) is 2. The van der Waals surface area contributed by atoms with E-state index in [2.05, 4.69) is 5.32 Å². The van der Waals surface area contributed by atoms with Crippen molar-refractivity contribution in [3.05, 3.63) is 54.1 Å². The molecule has 2 rings (SSSR count). The Labute approximate surface area is 153 Å². The summed E-state index contributed by atoms with van der Waals surface area (Å²) in [5, 5.41) is 2.86. The quantitative estimate of drug-likeness (QED) is 0.541. The smallest absolute Gasteiger partial charge is 0.248 e. The Morgan fingerprint density at radius 3 is 2.56 bits per heavy atom. The molecule has 0 saturated carbocycles. The molecule has 2 aromatic rings. The van der Waals surface area contributed by atoms with E-state index >= 15 is 0 Å². The van der Waals surface area contributed by atoms with E-state index in [9.17, 15) is 4.79 Å². The van der Waals surface area contributed by atoms with Crippen molar-refractivity contribution in [2.24, 2.45) is 0 Å². The lowest BCUT2D eigenvalue weighted by molar-refractivity contribution is -0.111. The fourth-order valence-corrected chi connectivity index (χ4v) is 2.69. The fourth-order valence-electron chi connectivity index (χ4n) is 2.23. The van der Waals surface area contributed by atoms with Crippen LogP contribution in [0.3, 0.4) is 0 Å². The van der Waals surface area contributed by atoms with Gasteiger partial charge in [0, 0.05) is 16.7 Å². The fraction of sp³-hybridized carbons (Fsp3) is 0.250. The van der Waals surface area contributed by atoms with Gasteiger partial charge in [0.15, 0.2) is 11.5 Å². The van der Waals surface area contributed by atoms with E-state index in [1.54, 1.807) is 17.8 Å². The summed E-state index contributed by atoms with van der Waals surface area (Å²) in [5.74, 6) is 1.21. The summed E-state index contributed by atoms with van der Waals surface area (Å²) in [6.45, 7) is 4.99. The minimum atomic E-state index is -0.176. The van der Waals surface area contributed by atoms with Crippen LogP contribution >= 0.6 is 11.8 Å². The first-order valence-electron chi connectivity index (χ1n) is 8.19. The lowest BCUT2D eigenvalue weighted by atomic mass is 10.2. The molecule has 0 aliphatic rings. The van der Waals surface area contributed by atoms with Crippen LogP contribution in [-0.2, 0) is 4.79 Å². The standard InChI is InChI=1S/C20H23NO3S/c1-4-23-18-11-9-15(13-19(18)24-5-2)10-12-20(22)21-16-7-6-8-17(14-16)25-3/h6-14H,4-5H2,1-3H3,(H,21,22)/b12-10+. The topological polar surface area (TPSA) is 47.6 Å². The molecule has 5 heteroatoms. The van der Waals surface area contributed by atoms with Gasteiger partial charge >= 0.3 is 0 Å². The van der Waals surface area contributed by atoms with E-state index in [1.165, 1.54) is 6.08 Å². The Morgan fingerprint density at radius 2 is 1.84 bits per heavy atom. The van der Waals surface area contributed by atoms with Crippen LogP contribution in [0.4, 0.5) is 5.69 Å². The highest BCUT2D eigenvalue weighted by atomic mass is 32.2. The Morgan fingerprint density at radius 1 is 1.08 bits per heavy atom. The van der Waals surface area contributed by atoms with E-state index in [1.807, 2.05) is 62.6 Å². The molecule has 0 heterocycles. The Hall–Kier alpha value is -2.40. The van der Waals surface area contributed by atoms with Crippen LogP contribution < -0.4 is 14.8 Å². The normalized spacial score (nSPS) is 10.7. The number of thioether (sulfide) groups is 1. The maximum atomic E-state index is 12.1. The van der Waals surface area contributed by atoms with Crippen molar-refractivity contribution in [3.63, 3.8) is 0 Å². The highest BCUT2D eigenvalue weighted by molar-refractivity contribution is 7.98. The summed E-state index contributed by atoms with van der Waals surface area (Å²) in [7, 11) is 0. The van der Waals surface area contributed by atoms with Crippen LogP contribution in [-0.4, -0.2) is 25.4 Å². The number of anilines is 1. The van der Waals surface area contributed by atoms with Gasteiger partial charge in [0.25, 0.3) is 0 Å². The molecule has 0 unspecified atom stereocenters. The van der Waals surface area contributed by atoms with Crippen molar-refractivity contribution in [2.45, 2.75) is 18.7 Å². The Bertz CT molecular complexity index is 743. The molecule has 0 aliphatic carbocycles. The Kier molecular flexibility index (Phi) is 7.41. The third-order valence-electron chi connectivity index (χ3n) is 3.33. The predicted molar refractivity (Wildman–Crippen MR) is 105 cm³/mol. The molecule has 0 spiro atoms. The maximum Gasteiger partial charge on any atom is 0.248 e.